The summed E-state index contributed by atoms with van der Waals surface area (Å²) in [5.41, 5.74) is 8.67. The summed E-state index contributed by atoms with van der Waals surface area (Å²) in [5.74, 6) is 1.24. The molecule has 1 aromatic heterocycles. The van der Waals surface area contributed by atoms with Crippen molar-refractivity contribution in [2.24, 2.45) is 5.73 Å². The summed E-state index contributed by atoms with van der Waals surface area (Å²) in [7, 11) is 0. The zero-order valence-electron chi connectivity index (χ0n) is 8.53. The minimum absolute atomic E-state index is 0.0242. The standard InChI is InChI=1S/C11H13ClN2O/c1-7-14-10-6-8(9(13)4-5-12)2-3-11(10)15-7/h2-3,6,9H,4-5,13H2,1H3. The monoisotopic (exact) mass is 224 g/mol. The highest BCUT2D eigenvalue weighted by Crippen LogP contribution is 2.21. The van der Waals surface area contributed by atoms with Gasteiger partial charge in [0.25, 0.3) is 0 Å². The van der Waals surface area contributed by atoms with Crippen LogP contribution in [-0.2, 0) is 0 Å². The molecular weight excluding hydrogens is 212 g/mol. The minimum Gasteiger partial charge on any atom is -0.441 e. The van der Waals surface area contributed by atoms with Crippen molar-refractivity contribution in [3.63, 3.8) is 0 Å². The number of aromatic nitrogens is 1. The van der Waals surface area contributed by atoms with Crippen molar-refractivity contribution in [1.82, 2.24) is 4.98 Å². The molecule has 0 spiro atoms. The van der Waals surface area contributed by atoms with Crippen LogP contribution in [0.25, 0.3) is 11.1 Å². The average molecular weight is 225 g/mol. The lowest BCUT2D eigenvalue weighted by atomic mass is 10.1. The van der Waals surface area contributed by atoms with Crippen molar-refractivity contribution >= 4 is 22.7 Å². The molecular formula is C11H13ClN2O. The van der Waals surface area contributed by atoms with Crippen molar-refractivity contribution in [2.75, 3.05) is 5.88 Å². The van der Waals surface area contributed by atoms with Crippen LogP contribution in [-0.4, -0.2) is 10.9 Å². The van der Waals surface area contributed by atoms with Gasteiger partial charge in [0.15, 0.2) is 11.5 Å². The molecule has 0 saturated heterocycles. The van der Waals surface area contributed by atoms with Gasteiger partial charge in [-0.1, -0.05) is 6.07 Å². The first kappa shape index (κ1) is 10.5. The molecule has 2 N–H and O–H groups in total. The van der Waals surface area contributed by atoms with E-state index in [0.717, 1.165) is 23.1 Å². The summed E-state index contributed by atoms with van der Waals surface area (Å²) in [6.45, 7) is 1.83. The van der Waals surface area contributed by atoms with Crippen LogP contribution in [0, 0.1) is 6.92 Å². The van der Waals surface area contributed by atoms with Crippen LogP contribution < -0.4 is 5.73 Å². The molecule has 0 saturated carbocycles. The van der Waals surface area contributed by atoms with E-state index in [1.165, 1.54) is 0 Å². The minimum atomic E-state index is -0.0242. The fourth-order valence-electron chi connectivity index (χ4n) is 1.57. The second-order valence-corrected chi connectivity index (χ2v) is 3.92. The van der Waals surface area contributed by atoms with E-state index >= 15 is 0 Å². The van der Waals surface area contributed by atoms with Crippen LogP contribution in [0.3, 0.4) is 0 Å². The highest BCUT2D eigenvalue weighted by molar-refractivity contribution is 6.17. The summed E-state index contributed by atoms with van der Waals surface area (Å²) >= 11 is 5.65. The zero-order chi connectivity index (χ0) is 10.8. The smallest absolute Gasteiger partial charge is 0.192 e. The van der Waals surface area contributed by atoms with Crippen molar-refractivity contribution < 1.29 is 4.42 Å². The number of rotatable bonds is 3. The maximum absolute atomic E-state index is 5.96. The maximum Gasteiger partial charge on any atom is 0.192 e. The highest BCUT2D eigenvalue weighted by atomic mass is 35.5. The van der Waals surface area contributed by atoms with Crippen LogP contribution in [0.15, 0.2) is 22.6 Å². The van der Waals surface area contributed by atoms with Crippen LogP contribution in [0.4, 0.5) is 0 Å². The van der Waals surface area contributed by atoms with E-state index in [9.17, 15) is 0 Å². The third kappa shape index (κ3) is 2.13. The Labute approximate surface area is 93.2 Å². The lowest BCUT2D eigenvalue weighted by Crippen LogP contribution is -2.10. The maximum atomic E-state index is 5.96. The number of hydrogen-bond acceptors (Lipinski definition) is 3. The Morgan fingerprint density at radius 1 is 1.53 bits per heavy atom. The first-order valence-electron chi connectivity index (χ1n) is 4.89. The molecule has 0 aliphatic carbocycles. The number of hydrogen-bond donors (Lipinski definition) is 1. The quantitative estimate of drug-likeness (QED) is 0.816. The van der Waals surface area contributed by atoms with Gasteiger partial charge in [-0.3, -0.25) is 0 Å². The molecule has 80 valence electrons. The molecule has 0 aliphatic rings. The van der Waals surface area contributed by atoms with E-state index in [0.29, 0.717) is 11.8 Å². The first-order valence-corrected chi connectivity index (χ1v) is 5.43. The van der Waals surface area contributed by atoms with E-state index in [1.54, 1.807) is 0 Å². The number of aryl methyl sites for hydroxylation is 1. The number of halogens is 1. The third-order valence-electron chi connectivity index (χ3n) is 2.37. The van der Waals surface area contributed by atoms with Gasteiger partial charge in [-0.25, -0.2) is 4.98 Å². The number of nitrogens with zero attached hydrogens (tertiary/aromatic N) is 1. The van der Waals surface area contributed by atoms with Crippen molar-refractivity contribution in [3.8, 4) is 0 Å². The number of fused-ring (bicyclic) bond motifs is 1. The second kappa shape index (κ2) is 4.21. The average Bonchev–Trinajstić information content (AvgIpc) is 2.57. The summed E-state index contributed by atoms with van der Waals surface area (Å²) in [4.78, 5) is 4.26. The van der Waals surface area contributed by atoms with Gasteiger partial charge in [0.1, 0.15) is 5.52 Å². The molecule has 2 rings (SSSR count). The second-order valence-electron chi connectivity index (χ2n) is 3.54. The van der Waals surface area contributed by atoms with Gasteiger partial charge in [0.2, 0.25) is 0 Å². The van der Waals surface area contributed by atoms with Gasteiger partial charge >= 0.3 is 0 Å². The van der Waals surface area contributed by atoms with Crippen molar-refractivity contribution in [3.05, 3.63) is 29.7 Å². The Bertz CT molecular complexity index is 467. The SMILES string of the molecule is Cc1nc2cc(C(N)CCCl)ccc2o1. The largest absolute Gasteiger partial charge is 0.441 e. The fourth-order valence-corrected chi connectivity index (χ4v) is 1.81. The Hall–Kier alpha value is -1.06. The molecule has 1 aromatic carbocycles. The normalized spacial score (nSPS) is 13.3. The topological polar surface area (TPSA) is 52.0 Å². The molecule has 1 unspecified atom stereocenters. The van der Waals surface area contributed by atoms with Crippen molar-refractivity contribution in [2.45, 2.75) is 19.4 Å². The number of alkyl halides is 1. The van der Waals surface area contributed by atoms with Crippen LogP contribution in [0.5, 0.6) is 0 Å². The predicted molar refractivity (Wildman–Crippen MR) is 61.0 cm³/mol. The van der Waals surface area contributed by atoms with Gasteiger partial charge in [-0.15, -0.1) is 11.6 Å². The molecule has 3 nitrogen and oxygen atoms in total. The molecule has 15 heavy (non-hydrogen) atoms. The van der Waals surface area contributed by atoms with Gasteiger partial charge in [0.05, 0.1) is 0 Å². The van der Waals surface area contributed by atoms with Gasteiger partial charge in [-0.2, -0.15) is 0 Å². The summed E-state index contributed by atoms with van der Waals surface area (Å²) in [5, 5.41) is 0. The third-order valence-corrected chi connectivity index (χ3v) is 2.59. The fraction of sp³-hybridized carbons (Fsp3) is 0.364. The van der Waals surface area contributed by atoms with E-state index in [1.807, 2.05) is 25.1 Å². The summed E-state index contributed by atoms with van der Waals surface area (Å²) < 4.78 is 5.38. The number of oxazole rings is 1. The lowest BCUT2D eigenvalue weighted by Gasteiger charge is -2.09. The van der Waals surface area contributed by atoms with E-state index in [2.05, 4.69) is 4.98 Å². The number of nitrogens with two attached hydrogens (primary N) is 1. The molecule has 1 atom stereocenters. The Kier molecular flexibility index (Phi) is 2.93. The number of benzene rings is 1. The predicted octanol–water partition coefficient (Wildman–Crippen LogP) is 2.76. The Morgan fingerprint density at radius 3 is 3.07 bits per heavy atom. The van der Waals surface area contributed by atoms with Crippen molar-refractivity contribution in [1.29, 1.82) is 0 Å². The van der Waals surface area contributed by atoms with Gasteiger partial charge in [-0.05, 0) is 24.1 Å². The summed E-state index contributed by atoms with van der Waals surface area (Å²) in [6, 6.07) is 5.80. The molecule has 4 heteroatoms. The van der Waals surface area contributed by atoms with Crippen LogP contribution >= 0.6 is 11.6 Å². The van der Waals surface area contributed by atoms with E-state index < -0.39 is 0 Å². The molecule has 0 bridgehead atoms. The Morgan fingerprint density at radius 2 is 2.33 bits per heavy atom. The van der Waals surface area contributed by atoms with E-state index in [-0.39, 0.29) is 6.04 Å². The molecule has 0 aliphatic heterocycles. The molecule has 0 fully saturated rings. The van der Waals surface area contributed by atoms with Crippen LogP contribution in [0.2, 0.25) is 0 Å². The molecule has 0 radical (unpaired) electrons. The Balaban J connectivity index is 2.37. The van der Waals surface area contributed by atoms with E-state index in [4.69, 9.17) is 21.8 Å². The van der Waals surface area contributed by atoms with Gasteiger partial charge in [0, 0.05) is 18.8 Å². The van der Waals surface area contributed by atoms with Gasteiger partial charge < -0.3 is 10.2 Å². The summed E-state index contributed by atoms with van der Waals surface area (Å²) in [6.07, 6.45) is 0.768. The lowest BCUT2D eigenvalue weighted by molar-refractivity contribution is 0.561. The highest BCUT2D eigenvalue weighted by Gasteiger charge is 2.08. The van der Waals surface area contributed by atoms with Crippen LogP contribution in [0.1, 0.15) is 23.9 Å². The first-order chi connectivity index (χ1) is 7.20. The molecule has 1 heterocycles. The molecule has 0 amide bonds. The zero-order valence-corrected chi connectivity index (χ0v) is 9.29. The molecule has 2 aromatic rings.